The van der Waals surface area contributed by atoms with Gasteiger partial charge in [-0.3, -0.25) is 24.0 Å². The molecule has 0 bridgehead atoms. The van der Waals surface area contributed by atoms with Gasteiger partial charge in [-0.1, -0.05) is 82.9 Å². The minimum Gasteiger partial charge on any atom is -0.397 e. The first kappa shape index (κ1) is 46.4. The fourth-order valence-corrected chi connectivity index (χ4v) is 7.89. The Hall–Kier alpha value is -5.64. The Labute approximate surface area is 362 Å². The molecular weight excluding hydrogens is 795 g/mol. The molecule has 7 N–H and O–H groups in total. The molecule has 14 nitrogen and oxygen atoms in total. The number of benzene rings is 3. The van der Waals surface area contributed by atoms with Crippen LogP contribution in [0.25, 0.3) is 10.4 Å². The van der Waals surface area contributed by atoms with E-state index in [1.807, 2.05) is 57.5 Å². The van der Waals surface area contributed by atoms with Gasteiger partial charge >= 0.3 is 0 Å². The van der Waals surface area contributed by atoms with Crippen LogP contribution in [0.4, 0.5) is 17.1 Å². The van der Waals surface area contributed by atoms with Gasteiger partial charge in [0.25, 0.3) is 5.91 Å². The number of amides is 5. The summed E-state index contributed by atoms with van der Waals surface area (Å²) in [5.41, 5.74) is 12.0. The van der Waals surface area contributed by atoms with Gasteiger partial charge in [-0.2, -0.15) is 0 Å². The lowest BCUT2D eigenvalue weighted by Gasteiger charge is -2.35. The zero-order valence-electron chi connectivity index (χ0n) is 35.5. The molecule has 1 aliphatic rings. The van der Waals surface area contributed by atoms with Gasteiger partial charge in [0.2, 0.25) is 23.6 Å². The second-order valence-electron chi connectivity index (χ2n) is 16.5. The molecule has 3 aromatic carbocycles. The van der Waals surface area contributed by atoms with Crippen molar-refractivity contribution in [3.05, 3.63) is 95.1 Å². The van der Waals surface area contributed by atoms with Crippen LogP contribution in [-0.2, 0) is 30.5 Å². The number of unbranched alkanes of at least 4 members (excludes halogenated alkanes) is 5. The van der Waals surface area contributed by atoms with Crippen molar-refractivity contribution in [1.29, 1.82) is 0 Å². The average Bonchev–Trinajstić information content (AvgIpc) is 3.85. The number of aryl methyl sites for hydroxylation is 1. The van der Waals surface area contributed by atoms with Crippen LogP contribution in [0, 0.1) is 12.3 Å². The van der Waals surface area contributed by atoms with Crippen molar-refractivity contribution < 1.29 is 33.8 Å². The number of aromatic nitrogens is 1. The number of carbonyl (C=O) groups excluding carboxylic acids is 5. The number of hydrogen-bond acceptors (Lipinski definition) is 10. The zero-order valence-corrected chi connectivity index (χ0v) is 36.3. The van der Waals surface area contributed by atoms with E-state index in [0.29, 0.717) is 35.7 Å². The van der Waals surface area contributed by atoms with Gasteiger partial charge in [0.05, 0.1) is 33.6 Å². The molecule has 3 atom stereocenters. The number of aliphatic hydroxyl groups excluding tert-OH is 1. The molecule has 1 saturated heterocycles. The maximum Gasteiger partial charge on any atom is 0.255 e. The summed E-state index contributed by atoms with van der Waals surface area (Å²) in [6.07, 6.45) is 4.89. The molecule has 0 spiro atoms. The highest BCUT2D eigenvalue weighted by atomic mass is 32.1. The monoisotopic (exact) mass is 853 g/mol. The van der Waals surface area contributed by atoms with Gasteiger partial charge < -0.3 is 41.7 Å². The zero-order chi connectivity index (χ0) is 43.9. The van der Waals surface area contributed by atoms with E-state index in [1.54, 1.807) is 59.9 Å². The predicted molar refractivity (Wildman–Crippen MR) is 239 cm³/mol. The topological polar surface area (TPSA) is 205 Å². The van der Waals surface area contributed by atoms with Gasteiger partial charge in [-0.05, 0) is 72.7 Å². The number of carbonyl (C=O) groups is 5. The molecule has 326 valence electrons. The molecular formula is C46H59N7O7S. The van der Waals surface area contributed by atoms with E-state index in [1.165, 1.54) is 4.90 Å². The van der Waals surface area contributed by atoms with Crippen molar-refractivity contribution in [2.75, 3.05) is 36.1 Å². The third-order valence-electron chi connectivity index (χ3n) is 10.5. The first-order valence-electron chi connectivity index (χ1n) is 20.9. The van der Waals surface area contributed by atoms with Crippen molar-refractivity contribution in [1.82, 2.24) is 20.5 Å². The number of ether oxygens (including phenoxy) is 1. The van der Waals surface area contributed by atoms with Gasteiger partial charge in [0.1, 0.15) is 18.7 Å². The Morgan fingerprint density at radius 1 is 0.902 bits per heavy atom. The Kier molecular flexibility index (Phi) is 17.0. The number of nitrogens with two attached hydrogens (primary N) is 1. The number of nitrogen functional groups attached to an aromatic ring is 1. The highest BCUT2D eigenvalue weighted by molar-refractivity contribution is 7.13. The number of rotatable bonds is 20. The molecule has 5 amide bonds. The summed E-state index contributed by atoms with van der Waals surface area (Å²) in [7, 11) is 0. The molecule has 1 aromatic heterocycles. The maximum absolute atomic E-state index is 13.9. The average molecular weight is 854 g/mol. The van der Waals surface area contributed by atoms with Gasteiger partial charge in [0, 0.05) is 43.8 Å². The van der Waals surface area contributed by atoms with Gasteiger partial charge in [-0.25, -0.2) is 4.98 Å². The van der Waals surface area contributed by atoms with Gasteiger partial charge in [0.15, 0.2) is 0 Å². The van der Waals surface area contributed by atoms with Crippen molar-refractivity contribution >= 4 is 57.9 Å². The second kappa shape index (κ2) is 22.3. The summed E-state index contributed by atoms with van der Waals surface area (Å²) in [5.74, 6) is -1.60. The number of likely N-dealkylation sites (tertiary alicyclic amines) is 1. The van der Waals surface area contributed by atoms with Crippen LogP contribution in [0.15, 0.2) is 78.3 Å². The van der Waals surface area contributed by atoms with E-state index in [0.717, 1.165) is 60.2 Å². The standard InChI is InChI=1S/C46H59N7O7S/c1-30-41(61-29-49-30)32-18-16-31(17-19-32)26-48-44(58)38-25-35(54)27-53(38)45(59)42(46(2,3)4)52-40(56)28-60-24-12-8-6-5-7-9-15-39(55)50-34-22-20-33(21-23-34)43(57)51-37-14-11-10-13-36(37)47/h10-11,13-14,16-23,29,35,38,42,54H,5-9,12,15,24-28,47H2,1-4H3,(H,48,58)(H,50,55)(H,51,57)(H,52,56). The van der Waals surface area contributed by atoms with E-state index >= 15 is 0 Å². The lowest BCUT2D eigenvalue weighted by atomic mass is 9.85. The summed E-state index contributed by atoms with van der Waals surface area (Å²) in [6, 6.07) is 19.8. The summed E-state index contributed by atoms with van der Waals surface area (Å²) in [4.78, 5) is 72.1. The molecule has 0 saturated carbocycles. The molecule has 5 rings (SSSR count). The lowest BCUT2D eigenvalue weighted by Crippen LogP contribution is -2.58. The van der Waals surface area contributed by atoms with Crippen LogP contribution in [0.3, 0.4) is 0 Å². The largest absolute Gasteiger partial charge is 0.397 e. The highest BCUT2D eigenvalue weighted by Gasteiger charge is 2.44. The van der Waals surface area contributed by atoms with Crippen LogP contribution < -0.4 is 27.0 Å². The number of aliphatic hydroxyl groups is 1. The molecule has 3 unspecified atom stereocenters. The Balaban J connectivity index is 0.945. The molecule has 15 heteroatoms. The van der Waals surface area contributed by atoms with Crippen LogP contribution >= 0.6 is 11.3 Å². The third kappa shape index (κ3) is 13.9. The first-order chi connectivity index (χ1) is 29.2. The number of nitrogens with one attached hydrogen (secondary N) is 4. The van der Waals surface area contributed by atoms with Crippen molar-refractivity contribution in [3.8, 4) is 10.4 Å². The van der Waals surface area contributed by atoms with E-state index < -0.39 is 35.4 Å². The quantitative estimate of drug-likeness (QED) is 0.0427. The SMILES string of the molecule is Cc1ncsc1-c1ccc(CNC(=O)C2CC(O)CN2C(=O)C(NC(=O)COCCCCCCCCC(=O)Nc2ccc(C(=O)Nc3ccccc3N)cc2)C(C)(C)C)cc1. The predicted octanol–water partition coefficient (Wildman–Crippen LogP) is 6.45. The van der Waals surface area contributed by atoms with Crippen LogP contribution in [0.2, 0.25) is 0 Å². The molecule has 0 radical (unpaired) electrons. The fraction of sp³-hybridized carbons (Fsp3) is 0.435. The Morgan fingerprint density at radius 2 is 1.59 bits per heavy atom. The molecule has 0 aliphatic carbocycles. The minimum absolute atomic E-state index is 0.00406. The van der Waals surface area contributed by atoms with E-state index in [2.05, 4.69) is 26.3 Å². The number of para-hydroxylation sites is 2. The summed E-state index contributed by atoms with van der Waals surface area (Å²) >= 11 is 1.57. The molecule has 1 fully saturated rings. The van der Waals surface area contributed by atoms with E-state index in [-0.39, 0.29) is 43.8 Å². The number of thiazole rings is 1. The van der Waals surface area contributed by atoms with Gasteiger partial charge in [-0.15, -0.1) is 11.3 Å². The maximum atomic E-state index is 13.9. The number of nitrogens with zero attached hydrogens (tertiary/aromatic N) is 2. The lowest BCUT2D eigenvalue weighted by molar-refractivity contribution is -0.144. The smallest absolute Gasteiger partial charge is 0.255 e. The van der Waals surface area contributed by atoms with Crippen LogP contribution in [0.1, 0.15) is 93.8 Å². The van der Waals surface area contributed by atoms with E-state index in [9.17, 15) is 29.1 Å². The number of hydrogen-bond donors (Lipinski definition) is 6. The number of β-amino-alcohol motifs (C(OH)–C–C–N with tert-alkyl or cyclic N) is 1. The Bertz CT molecular complexity index is 2100. The van der Waals surface area contributed by atoms with Crippen molar-refractivity contribution in [3.63, 3.8) is 0 Å². The van der Waals surface area contributed by atoms with E-state index in [4.69, 9.17) is 10.5 Å². The number of anilines is 3. The molecule has 2 heterocycles. The first-order valence-corrected chi connectivity index (χ1v) is 21.8. The summed E-state index contributed by atoms with van der Waals surface area (Å²) in [5, 5.41) is 21.9. The minimum atomic E-state index is -0.936. The van der Waals surface area contributed by atoms with Crippen molar-refractivity contribution in [2.24, 2.45) is 5.41 Å². The second-order valence-corrected chi connectivity index (χ2v) is 17.4. The molecule has 61 heavy (non-hydrogen) atoms. The van der Waals surface area contributed by atoms with Crippen molar-refractivity contribution in [2.45, 2.75) is 104 Å². The summed E-state index contributed by atoms with van der Waals surface area (Å²) in [6.45, 7) is 7.93. The van der Waals surface area contributed by atoms with Crippen LogP contribution in [-0.4, -0.2) is 82.5 Å². The summed E-state index contributed by atoms with van der Waals surface area (Å²) < 4.78 is 5.64. The normalized spacial score (nSPS) is 15.5. The third-order valence-corrected chi connectivity index (χ3v) is 11.5. The van der Waals surface area contributed by atoms with Crippen LogP contribution in [0.5, 0.6) is 0 Å². The molecule has 4 aromatic rings. The fourth-order valence-electron chi connectivity index (χ4n) is 7.08. The molecule has 1 aliphatic heterocycles. The Morgan fingerprint density at radius 3 is 2.26 bits per heavy atom. The highest BCUT2D eigenvalue weighted by Crippen LogP contribution is 2.28.